The molecule has 1 aliphatic carbocycles. The van der Waals surface area contributed by atoms with E-state index in [1.165, 1.54) is 6.26 Å². The van der Waals surface area contributed by atoms with Gasteiger partial charge in [-0.25, -0.2) is 13.4 Å². The number of aryl methyl sites for hydroxylation is 1. The summed E-state index contributed by atoms with van der Waals surface area (Å²) in [5, 5.41) is 9.80. The molecule has 3 aromatic rings. The molecule has 186 valence electrons. The molecule has 0 spiro atoms. The van der Waals surface area contributed by atoms with Gasteiger partial charge in [0, 0.05) is 34.4 Å². The Hall–Kier alpha value is -3.62. The highest BCUT2D eigenvalue weighted by atomic mass is 35.5. The van der Waals surface area contributed by atoms with Gasteiger partial charge >= 0.3 is 0 Å². The van der Waals surface area contributed by atoms with Gasteiger partial charge < -0.3 is 11.1 Å². The van der Waals surface area contributed by atoms with E-state index < -0.39 is 9.84 Å². The van der Waals surface area contributed by atoms with Gasteiger partial charge in [-0.05, 0) is 92.4 Å². The van der Waals surface area contributed by atoms with Crippen LogP contribution in [0.15, 0.2) is 76.2 Å². The maximum Gasteiger partial charge on any atom is 0.257 e. The van der Waals surface area contributed by atoms with E-state index in [9.17, 15) is 13.2 Å². The predicted molar refractivity (Wildman–Crippen MR) is 147 cm³/mol. The molecule has 0 bridgehead atoms. The summed E-state index contributed by atoms with van der Waals surface area (Å²) in [5.41, 5.74) is 12.1. The van der Waals surface area contributed by atoms with Gasteiger partial charge in [0.2, 0.25) is 0 Å². The molecule has 0 aromatic heterocycles. The molecule has 0 radical (unpaired) electrons. The summed E-state index contributed by atoms with van der Waals surface area (Å²) < 4.78 is 23.8. The highest BCUT2D eigenvalue weighted by molar-refractivity contribution is 7.90. The Kier molecular flexibility index (Phi) is 7.19. The van der Waals surface area contributed by atoms with Gasteiger partial charge in [-0.15, -0.1) is 0 Å². The van der Waals surface area contributed by atoms with Crippen LogP contribution >= 0.6 is 11.6 Å². The molecule has 0 saturated heterocycles. The number of nitrogen functional groups attached to an aromatic ring is 1. The lowest BCUT2D eigenvalue weighted by Crippen LogP contribution is -2.21. The lowest BCUT2D eigenvalue weighted by Gasteiger charge is -2.30. The molecule has 3 N–H and O–H groups in total. The largest absolute Gasteiger partial charge is 0.398 e. The smallest absolute Gasteiger partial charge is 0.257 e. The Labute approximate surface area is 216 Å². The van der Waals surface area contributed by atoms with E-state index in [0.717, 1.165) is 40.9 Å². The molecule has 0 unspecified atom stereocenters. The molecule has 1 aliphatic rings. The fourth-order valence-corrected chi connectivity index (χ4v) is 5.01. The lowest BCUT2D eigenvalue weighted by atomic mass is 9.89. The summed E-state index contributed by atoms with van der Waals surface area (Å²) in [6.07, 6.45) is 4.59. The number of hydrogen-bond acceptors (Lipinski definition) is 6. The fraction of sp³-hybridized carbons (Fsp3) is 0.185. The zero-order valence-electron chi connectivity index (χ0n) is 20.2. The van der Waals surface area contributed by atoms with E-state index in [1.807, 2.05) is 30.1 Å². The number of halogens is 1. The summed E-state index contributed by atoms with van der Waals surface area (Å²) in [5.74, 6) is -0.332. The van der Waals surface area contributed by atoms with E-state index in [2.05, 4.69) is 17.3 Å². The lowest BCUT2D eigenvalue weighted by molar-refractivity contribution is 0.102. The number of rotatable bonds is 6. The SMILES string of the molecule is C/C=N/N(C1=C(C)CCc2ccc(NC(=O)c3ccc(Cl)cc3N)cc21)c1ccc(S(C)(=O)=O)cc1. The number of fused-ring (bicyclic) bond motifs is 1. The van der Waals surface area contributed by atoms with Crippen LogP contribution in [-0.4, -0.2) is 26.8 Å². The second-order valence-corrected chi connectivity index (χ2v) is 11.1. The van der Waals surface area contributed by atoms with Crippen molar-refractivity contribution in [2.24, 2.45) is 5.10 Å². The average molecular weight is 523 g/mol. The highest BCUT2D eigenvalue weighted by Crippen LogP contribution is 2.38. The summed E-state index contributed by atoms with van der Waals surface area (Å²) in [7, 11) is -3.31. The first kappa shape index (κ1) is 25.5. The van der Waals surface area contributed by atoms with Gasteiger partial charge in [0.15, 0.2) is 9.84 Å². The third-order valence-corrected chi connectivity index (χ3v) is 7.37. The molecule has 0 atom stereocenters. The van der Waals surface area contributed by atoms with Crippen LogP contribution in [0.1, 0.15) is 41.8 Å². The van der Waals surface area contributed by atoms with Crippen LogP contribution in [0.4, 0.5) is 17.1 Å². The summed E-state index contributed by atoms with van der Waals surface area (Å²) in [6, 6.07) is 17.2. The minimum atomic E-state index is -3.31. The maximum atomic E-state index is 12.9. The van der Waals surface area contributed by atoms with Crippen LogP contribution in [-0.2, 0) is 16.3 Å². The van der Waals surface area contributed by atoms with E-state index in [4.69, 9.17) is 17.3 Å². The predicted octanol–water partition coefficient (Wildman–Crippen LogP) is 5.77. The number of nitrogens with one attached hydrogen (secondary N) is 1. The minimum absolute atomic E-state index is 0.243. The molecule has 1 amide bonds. The van der Waals surface area contributed by atoms with Crippen LogP contribution in [0.3, 0.4) is 0 Å². The monoisotopic (exact) mass is 522 g/mol. The molecule has 7 nitrogen and oxygen atoms in total. The number of hydrogen-bond donors (Lipinski definition) is 2. The number of nitrogens with zero attached hydrogens (tertiary/aromatic N) is 2. The number of hydrazone groups is 1. The Balaban J connectivity index is 1.72. The number of carbonyl (C=O) groups is 1. The molecule has 3 aromatic carbocycles. The van der Waals surface area contributed by atoms with Crippen molar-refractivity contribution in [3.05, 3.63) is 87.9 Å². The van der Waals surface area contributed by atoms with Crippen molar-refractivity contribution < 1.29 is 13.2 Å². The van der Waals surface area contributed by atoms with Crippen LogP contribution in [0.2, 0.25) is 5.02 Å². The molecular weight excluding hydrogens is 496 g/mol. The van der Waals surface area contributed by atoms with Gasteiger partial charge in [-0.3, -0.25) is 4.79 Å². The van der Waals surface area contributed by atoms with Crippen molar-refractivity contribution in [2.75, 3.05) is 22.3 Å². The quantitative estimate of drug-likeness (QED) is 0.243. The Bertz CT molecular complexity index is 1500. The van der Waals surface area contributed by atoms with Crippen molar-refractivity contribution in [1.82, 2.24) is 0 Å². The standard InChI is InChI=1S/C27H27ClN4O3S/c1-4-30-32(21-10-12-22(13-11-21)36(3,34)35)26-17(2)5-6-18-7-9-20(16-24(18)26)31-27(33)23-14-8-19(28)15-25(23)29/h4,7-16H,5-6,29H2,1-3H3,(H,31,33)/b30-4+. The second-order valence-electron chi connectivity index (χ2n) is 8.64. The fourth-order valence-electron chi connectivity index (χ4n) is 4.20. The van der Waals surface area contributed by atoms with E-state index in [-0.39, 0.29) is 10.8 Å². The second kappa shape index (κ2) is 10.2. The van der Waals surface area contributed by atoms with Crippen LogP contribution in [0.25, 0.3) is 5.70 Å². The molecule has 0 aliphatic heterocycles. The number of anilines is 3. The Morgan fingerprint density at radius 1 is 1.08 bits per heavy atom. The molecule has 0 heterocycles. The molecule has 0 saturated carbocycles. The number of nitrogens with two attached hydrogens (primary N) is 1. The van der Waals surface area contributed by atoms with Crippen molar-refractivity contribution in [2.45, 2.75) is 31.6 Å². The number of sulfone groups is 1. The maximum absolute atomic E-state index is 12.9. The van der Waals surface area contributed by atoms with E-state index in [0.29, 0.717) is 22.0 Å². The van der Waals surface area contributed by atoms with E-state index in [1.54, 1.807) is 48.7 Å². The third kappa shape index (κ3) is 5.29. The highest BCUT2D eigenvalue weighted by Gasteiger charge is 2.24. The molecule has 4 rings (SSSR count). The number of carbonyl (C=O) groups excluding carboxylic acids is 1. The summed E-state index contributed by atoms with van der Waals surface area (Å²) in [4.78, 5) is 13.1. The minimum Gasteiger partial charge on any atom is -0.398 e. The first-order valence-corrected chi connectivity index (χ1v) is 13.6. The van der Waals surface area contributed by atoms with Crippen molar-refractivity contribution in [3.63, 3.8) is 0 Å². The molecular formula is C27H27ClN4O3S. The van der Waals surface area contributed by atoms with Crippen LogP contribution in [0, 0.1) is 0 Å². The zero-order valence-corrected chi connectivity index (χ0v) is 21.8. The number of allylic oxidation sites excluding steroid dienone is 1. The third-order valence-electron chi connectivity index (χ3n) is 6.01. The Morgan fingerprint density at radius 2 is 1.81 bits per heavy atom. The zero-order chi connectivity index (χ0) is 26.0. The van der Waals surface area contributed by atoms with Crippen LogP contribution < -0.4 is 16.1 Å². The number of benzene rings is 3. The number of amides is 1. The van der Waals surface area contributed by atoms with Gasteiger partial charge in [-0.2, -0.15) is 5.10 Å². The van der Waals surface area contributed by atoms with Gasteiger partial charge in [0.1, 0.15) is 0 Å². The molecule has 9 heteroatoms. The van der Waals surface area contributed by atoms with Crippen molar-refractivity contribution in [3.8, 4) is 0 Å². The Morgan fingerprint density at radius 3 is 2.44 bits per heavy atom. The average Bonchev–Trinajstić information content (AvgIpc) is 2.82. The van der Waals surface area contributed by atoms with Crippen LogP contribution in [0.5, 0.6) is 0 Å². The van der Waals surface area contributed by atoms with Gasteiger partial charge in [0.25, 0.3) is 5.91 Å². The molecule has 36 heavy (non-hydrogen) atoms. The molecule has 0 fully saturated rings. The van der Waals surface area contributed by atoms with Crippen molar-refractivity contribution >= 4 is 56.3 Å². The van der Waals surface area contributed by atoms with Crippen molar-refractivity contribution in [1.29, 1.82) is 0 Å². The first-order chi connectivity index (χ1) is 17.1. The first-order valence-electron chi connectivity index (χ1n) is 11.4. The van der Waals surface area contributed by atoms with Gasteiger partial charge in [-0.1, -0.05) is 17.7 Å². The topological polar surface area (TPSA) is 105 Å². The van der Waals surface area contributed by atoms with Gasteiger partial charge in [0.05, 0.1) is 21.8 Å². The normalized spacial score (nSPS) is 13.6. The van der Waals surface area contributed by atoms with E-state index >= 15 is 0 Å². The summed E-state index contributed by atoms with van der Waals surface area (Å²) in [6.45, 7) is 3.88. The summed E-state index contributed by atoms with van der Waals surface area (Å²) >= 11 is 5.96.